The Bertz CT molecular complexity index is 714. The molecule has 1 aromatic heterocycles. The molecule has 3 aromatic rings. The van der Waals surface area contributed by atoms with Crippen LogP contribution in [0.1, 0.15) is 0 Å². The van der Waals surface area contributed by atoms with Crippen molar-refractivity contribution in [2.45, 2.75) is 0 Å². The summed E-state index contributed by atoms with van der Waals surface area (Å²) < 4.78 is 0. The monoisotopic (exact) mass is 229 g/mol. The van der Waals surface area contributed by atoms with Crippen molar-refractivity contribution in [3.8, 4) is 33.4 Å². The van der Waals surface area contributed by atoms with Crippen molar-refractivity contribution in [2.24, 2.45) is 0 Å². The Hall–Kier alpha value is -2.41. The van der Waals surface area contributed by atoms with Gasteiger partial charge in [0.15, 0.2) is 0 Å². The number of hydrogen-bond acceptors (Lipinski definition) is 1. The molecule has 0 unspecified atom stereocenters. The molecule has 1 aliphatic rings. The van der Waals surface area contributed by atoms with E-state index in [1.54, 1.807) is 0 Å². The van der Waals surface area contributed by atoms with E-state index in [1.165, 1.54) is 33.4 Å². The molecule has 0 radical (unpaired) electrons. The molecule has 4 rings (SSSR count). The van der Waals surface area contributed by atoms with E-state index in [2.05, 4.69) is 59.6 Å². The van der Waals surface area contributed by atoms with E-state index >= 15 is 0 Å². The molecule has 0 spiro atoms. The van der Waals surface area contributed by atoms with E-state index < -0.39 is 0 Å². The Kier molecular flexibility index (Phi) is 1.89. The first-order valence-corrected chi connectivity index (χ1v) is 6.08. The molecule has 0 aliphatic heterocycles. The molecule has 1 aliphatic carbocycles. The van der Waals surface area contributed by atoms with Crippen LogP contribution in [-0.4, -0.2) is 4.98 Å². The van der Waals surface area contributed by atoms with Crippen molar-refractivity contribution in [2.75, 3.05) is 0 Å². The summed E-state index contributed by atoms with van der Waals surface area (Å²) in [4.78, 5) is 4.09. The lowest BCUT2D eigenvalue weighted by molar-refractivity contribution is 1.33. The van der Waals surface area contributed by atoms with Crippen LogP contribution in [0.2, 0.25) is 0 Å². The lowest BCUT2D eigenvalue weighted by Crippen LogP contribution is -2.00. The highest BCUT2D eigenvalue weighted by molar-refractivity contribution is 6.08. The standard InChI is InChI=1S/C17H11N/c1-2-5-15-14(4-1)16-7-3-6-13(17(15)16)12-8-10-18-11-9-12/h1-11H. The van der Waals surface area contributed by atoms with Crippen molar-refractivity contribution in [3.63, 3.8) is 0 Å². The van der Waals surface area contributed by atoms with Gasteiger partial charge in [-0.1, -0.05) is 42.5 Å². The van der Waals surface area contributed by atoms with Gasteiger partial charge in [-0.05, 0) is 45.5 Å². The minimum Gasteiger partial charge on any atom is -0.265 e. The Morgan fingerprint density at radius 3 is 2.06 bits per heavy atom. The van der Waals surface area contributed by atoms with E-state index in [-0.39, 0.29) is 0 Å². The molecule has 0 atom stereocenters. The topological polar surface area (TPSA) is 12.9 Å². The van der Waals surface area contributed by atoms with Gasteiger partial charge < -0.3 is 0 Å². The van der Waals surface area contributed by atoms with Crippen LogP contribution < -0.4 is 0 Å². The SMILES string of the molecule is c1ccc2c(c1)-c1cccc(-c3ccncc3)c1-2. The molecule has 0 N–H and O–H groups in total. The van der Waals surface area contributed by atoms with Crippen LogP contribution in [0.15, 0.2) is 67.0 Å². The number of nitrogens with zero attached hydrogens (tertiary/aromatic N) is 1. The minimum atomic E-state index is 1.23. The first-order valence-electron chi connectivity index (χ1n) is 6.08. The van der Waals surface area contributed by atoms with Crippen molar-refractivity contribution in [1.82, 2.24) is 4.98 Å². The molecule has 1 nitrogen and oxygen atoms in total. The van der Waals surface area contributed by atoms with Crippen LogP contribution in [0.5, 0.6) is 0 Å². The van der Waals surface area contributed by atoms with Crippen LogP contribution >= 0.6 is 0 Å². The van der Waals surface area contributed by atoms with E-state index in [0.29, 0.717) is 0 Å². The zero-order valence-electron chi connectivity index (χ0n) is 9.80. The number of aromatic nitrogens is 1. The second-order valence-corrected chi connectivity index (χ2v) is 4.51. The summed E-state index contributed by atoms with van der Waals surface area (Å²) in [6.07, 6.45) is 3.69. The molecule has 84 valence electrons. The molecule has 1 heteroatoms. The molecule has 0 amide bonds. The predicted octanol–water partition coefficient (Wildman–Crippen LogP) is 4.40. The summed E-state index contributed by atoms with van der Waals surface area (Å²) in [5.74, 6) is 0. The summed E-state index contributed by atoms with van der Waals surface area (Å²) >= 11 is 0. The van der Waals surface area contributed by atoms with Crippen molar-refractivity contribution in [3.05, 3.63) is 67.0 Å². The molecule has 0 bridgehead atoms. The zero-order chi connectivity index (χ0) is 11.9. The largest absolute Gasteiger partial charge is 0.265 e. The Balaban J connectivity index is 1.98. The van der Waals surface area contributed by atoms with Gasteiger partial charge in [-0.15, -0.1) is 0 Å². The van der Waals surface area contributed by atoms with Gasteiger partial charge in [-0.25, -0.2) is 0 Å². The van der Waals surface area contributed by atoms with Crippen LogP contribution in [0.4, 0.5) is 0 Å². The van der Waals surface area contributed by atoms with E-state index in [1.807, 2.05) is 12.4 Å². The zero-order valence-corrected chi connectivity index (χ0v) is 9.80. The number of hydrogen-bond donors (Lipinski definition) is 0. The number of pyridine rings is 1. The van der Waals surface area contributed by atoms with Crippen LogP contribution in [-0.2, 0) is 0 Å². The number of benzene rings is 2. The number of rotatable bonds is 1. The average Bonchev–Trinajstić information content (AvgIpc) is 2.45. The third kappa shape index (κ3) is 1.19. The molecule has 0 saturated heterocycles. The fourth-order valence-corrected chi connectivity index (χ4v) is 2.71. The number of fused-ring (bicyclic) bond motifs is 4. The second-order valence-electron chi connectivity index (χ2n) is 4.51. The molecule has 1 heterocycles. The van der Waals surface area contributed by atoms with Crippen molar-refractivity contribution >= 4 is 0 Å². The molecular weight excluding hydrogens is 218 g/mol. The Morgan fingerprint density at radius 1 is 0.556 bits per heavy atom. The lowest BCUT2D eigenvalue weighted by atomic mass is 9.77. The molecule has 2 aromatic carbocycles. The van der Waals surface area contributed by atoms with Crippen LogP contribution in [0.25, 0.3) is 33.4 Å². The van der Waals surface area contributed by atoms with Gasteiger partial charge in [0.05, 0.1) is 0 Å². The minimum absolute atomic E-state index is 1.23. The lowest BCUT2D eigenvalue weighted by Gasteiger charge is -2.26. The fourth-order valence-electron chi connectivity index (χ4n) is 2.71. The van der Waals surface area contributed by atoms with Crippen LogP contribution in [0.3, 0.4) is 0 Å². The normalized spacial score (nSPS) is 11.3. The summed E-state index contributed by atoms with van der Waals surface area (Å²) in [5.41, 5.74) is 7.99. The highest BCUT2D eigenvalue weighted by Crippen LogP contribution is 2.51. The first kappa shape index (κ1) is 9.60. The van der Waals surface area contributed by atoms with E-state index in [4.69, 9.17) is 0 Å². The average molecular weight is 229 g/mol. The van der Waals surface area contributed by atoms with Gasteiger partial charge in [-0.3, -0.25) is 4.98 Å². The van der Waals surface area contributed by atoms with Crippen molar-refractivity contribution in [1.29, 1.82) is 0 Å². The quantitative estimate of drug-likeness (QED) is 0.471. The molecule has 0 fully saturated rings. The molecular formula is C17H11N. The maximum absolute atomic E-state index is 4.09. The van der Waals surface area contributed by atoms with Crippen LogP contribution in [0, 0.1) is 0 Å². The Morgan fingerprint density at radius 2 is 1.22 bits per heavy atom. The first-order chi connectivity index (χ1) is 8.95. The van der Waals surface area contributed by atoms with Gasteiger partial charge in [0, 0.05) is 12.4 Å². The summed E-state index contributed by atoms with van der Waals surface area (Å²) in [5, 5.41) is 0. The summed E-state index contributed by atoms with van der Waals surface area (Å²) in [7, 11) is 0. The maximum Gasteiger partial charge on any atom is 0.0273 e. The molecule has 18 heavy (non-hydrogen) atoms. The molecule has 0 saturated carbocycles. The van der Waals surface area contributed by atoms with Gasteiger partial charge in [0.25, 0.3) is 0 Å². The smallest absolute Gasteiger partial charge is 0.0273 e. The summed E-state index contributed by atoms with van der Waals surface area (Å²) in [6, 6.07) is 19.2. The predicted molar refractivity (Wildman–Crippen MR) is 74.1 cm³/mol. The maximum atomic E-state index is 4.09. The van der Waals surface area contributed by atoms with Gasteiger partial charge in [0.2, 0.25) is 0 Å². The van der Waals surface area contributed by atoms with Gasteiger partial charge in [0.1, 0.15) is 0 Å². The fraction of sp³-hybridized carbons (Fsp3) is 0. The second kappa shape index (κ2) is 3.54. The highest BCUT2D eigenvalue weighted by atomic mass is 14.6. The highest BCUT2D eigenvalue weighted by Gasteiger charge is 2.24. The Labute approximate surface area is 106 Å². The van der Waals surface area contributed by atoms with E-state index in [9.17, 15) is 0 Å². The third-order valence-corrected chi connectivity index (χ3v) is 3.54. The summed E-state index contributed by atoms with van der Waals surface area (Å²) in [6.45, 7) is 0. The van der Waals surface area contributed by atoms with Crippen molar-refractivity contribution < 1.29 is 0 Å². The third-order valence-electron chi connectivity index (χ3n) is 3.54. The van der Waals surface area contributed by atoms with E-state index in [0.717, 1.165) is 0 Å². The van der Waals surface area contributed by atoms with Gasteiger partial charge >= 0.3 is 0 Å². The van der Waals surface area contributed by atoms with Gasteiger partial charge in [-0.2, -0.15) is 0 Å².